The summed E-state index contributed by atoms with van der Waals surface area (Å²) in [4.78, 5) is 4.03. The predicted molar refractivity (Wildman–Crippen MR) is 58.9 cm³/mol. The number of halogens is 2. The number of aromatic nitrogens is 2. The fourth-order valence-electron chi connectivity index (χ4n) is 1.81. The van der Waals surface area contributed by atoms with E-state index in [0.717, 1.165) is 5.69 Å². The summed E-state index contributed by atoms with van der Waals surface area (Å²) in [5, 5.41) is 0. The molecule has 2 aromatic rings. The Kier molecular flexibility index (Phi) is 2.01. The molecule has 0 saturated carbocycles. The molecule has 3 rings (SSSR count). The maximum absolute atomic E-state index is 12.9. The van der Waals surface area contributed by atoms with E-state index in [1.807, 2.05) is 0 Å². The van der Waals surface area contributed by atoms with Crippen molar-refractivity contribution in [3.63, 3.8) is 0 Å². The molecule has 0 atom stereocenters. The van der Waals surface area contributed by atoms with Crippen molar-refractivity contribution in [1.82, 2.24) is 9.55 Å². The smallest absolute Gasteiger partial charge is 0.395 e. The van der Waals surface area contributed by atoms with Crippen LogP contribution in [0.1, 0.15) is 5.69 Å². The predicted octanol–water partition coefficient (Wildman–Crippen LogP) is 2.08. The van der Waals surface area contributed by atoms with Gasteiger partial charge in [-0.3, -0.25) is 4.57 Å². The van der Waals surface area contributed by atoms with Gasteiger partial charge in [-0.2, -0.15) is 0 Å². The van der Waals surface area contributed by atoms with Gasteiger partial charge in [0, 0.05) is 12.3 Å². The summed E-state index contributed by atoms with van der Waals surface area (Å²) in [6.07, 6.45) is -1.91. The monoisotopic (exact) mass is 253 g/mol. The second-order valence-corrected chi connectivity index (χ2v) is 3.91. The highest BCUT2D eigenvalue weighted by Crippen LogP contribution is 2.41. The van der Waals surface area contributed by atoms with Crippen LogP contribution in [0, 0.1) is 6.92 Å². The molecule has 0 spiro atoms. The van der Waals surface area contributed by atoms with E-state index >= 15 is 0 Å². The lowest BCUT2D eigenvalue weighted by Crippen LogP contribution is -2.25. The lowest BCUT2D eigenvalue weighted by Gasteiger charge is -2.05. The fourth-order valence-corrected chi connectivity index (χ4v) is 1.81. The maximum atomic E-state index is 12.9. The first-order valence-electron chi connectivity index (χ1n) is 5.16. The molecule has 1 aliphatic heterocycles. The number of anilines is 1. The van der Waals surface area contributed by atoms with Crippen LogP contribution in [-0.4, -0.2) is 15.8 Å². The van der Waals surface area contributed by atoms with E-state index < -0.39 is 6.29 Å². The van der Waals surface area contributed by atoms with Crippen LogP contribution in [0.15, 0.2) is 24.4 Å². The first-order valence-corrected chi connectivity index (χ1v) is 5.16. The first kappa shape index (κ1) is 10.8. The highest BCUT2D eigenvalue weighted by Gasteiger charge is 2.43. The van der Waals surface area contributed by atoms with E-state index in [0.29, 0.717) is 5.69 Å². The molecule has 0 radical (unpaired) electrons. The van der Waals surface area contributed by atoms with Gasteiger partial charge in [-0.05, 0) is 19.1 Å². The van der Waals surface area contributed by atoms with Gasteiger partial charge in [0.25, 0.3) is 0 Å². The molecule has 0 bridgehead atoms. The summed E-state index contributed by atoms with van der Waals surface area (Å²) in [7, 11) is 0. The molecule has 0 aliphatic carbocycles. The van der Waals surface area contributed by atoms with E-state index in [2.05, 4.69) is 14.5 Å². The number of benzene rings is 1. The average molecular weight is 253 g/mol. The number of nitrogen functional groups attached to an aromatic ring is 1. The van der Waals surface area contributed by atoms with Gasteiger partial charge >= 0.3 is 6.29 Å². The van der Waals surface area contributed by atoms with Crippen molar-refractivity contribution >= 4 is 5.95 Å². The molecule has 0 amide bonds. The zero-order valence-corrected chi connectivity index (χ0v) is 9.35. The minimum atomic E-state index is -3.61. The van der Waals surface area contributed by atoms with Gasteiger partial charge in [-0.15, -0.1) is 8.78 Å². The molecular formula is C11H9F2N3O2. The Bertz CT molecular complexity index is 625. The highest BCUT2D eigenvalue weighted by molar-refractivity contribution is 5.52. The van der Waals surface area contributed by atoms with Crippen LogP contribution < -0.4 is 15.2 Å². The molecule has 18 heavy (non-hydrogen) atoms. The van der Waals surface area contributed by atoms with Gasteiger partial charge < -0.3 is 15.2 Å². The molecule has 94 valence electrons. The minimum Gasteiger partial charge on any atom is -0.395 e. The lowest BCUT2D eigenvalue weighted by molar-refractivity contribution is -0.286. The van der Waals surface area contributed by atoms with Crippen LogP contribution in [0.25, 0.3) is 5.69 Å². The van der Waals surface area contributed by atoms with E-state index in [4.69, 9.17) is 5.73 Å². The van der Waals surface area contributed by atoms with E-state index in [9.17, 15) is 8.78 Å². The van der Waals surface area contributed by atoms with Crippen molar-refractivity contribution < 1.29 is 18.3 Å². The highest BCUT2D eigenvalue weighted by atomic mass is 19.3. The molecule has 1 aliphatic rings. The van der Waals surface area contributed by atoms with Gasteiger partial charge in [0.15, 0.2) is 11.5 Å². The molecule has 5 nitrogen and oxygen atoms in total. The number of nitrogens with zero attached hydrogens (tertiary/aromatic N) is 2. The lowest BCUT2D eigenvalue weighted by atomic mass is 10.3. The maximum Gasteiger partial charge on any atom is 0.586 e. The Morgan fingerprint density at radius 1 is 1.28 bits per heavy atom. The molecule has 7 heteroatoms. The van der Waals surface area contributed by atoms with Gasteiger partial charge in [-0.1, -0.05) is 0 Å². The number of ether oxygens (including phenoxy) is 2. The third-order valence-corrected chi connectivity index (χ3v) is 2.52. The van der Waals surface area contributed by atoms with Crippen molar-refractivity contribution in [2.45, 2.75) is 13.2 Å². The summed E-state index contributed by atoms with van der Waals surface area (Å²) in [6.45, 7) is 1.79. The van der Waals surface area contributed by atoms with Gasteiger partial charge in [0.1, 0.15) is 0 Å². The van der Waals surface area contributed by atoms with Crippen LogP contribution in [-0.2, 0) is 0 Å². The molecule has 0 saturated heterocycles. The second-order valence-electron chi connectivity index (χ2n) is 3.91. The van der Waals surface area contributed by atoms with Crippen molar-refractivity contribution in [3.05, 3.63) is 30.1 Å². The molecule has 2 heterocycles. The Balaban J connectivity index is 2.05. The molecular weight excluding hydrogens is 244 g/mol. The standard InChI is InChI=1S/C11H9F2N3O2/c1-6-5-16(10(14)15-6)7-2-3-8-9(4-7)18-11(12,13)17-8/h2-5H,1H3,(H2,14,15). The summed E-state index contributed by atoms with van der Waals surface area (Å²) < 4.78 is 36.0. The van der Waals surface area contributed by atoms with Gasteiger partial charge in [-0.25, -0.2) is 4.98 Å². The summed E-state index contributed by atoms with van der Waals surface area (Å²) in [5.41, 5.74) is 7.01. The quantitative estimate of drug-likeness (QED) is 0.845. The molecule has 1 aromatic carbocycles. The third-order valence-electron chi connectivity index (χ3n) is 2.52. The number of hydrogen-bond donors (Lipinski definition) is 1. The van der Waals surface area contributed by atoms with E-state index in [1.54, 1.807) is 23.8 Å². The first-order chi connectivity index (χ1) is 8.44. The molecule has 1 aromatic heterocycles. The Labute approximate surface area is 101 Å². The third kappa shape index (κ3) is 1.64. The van der Waals surface area contributed by atoms with Crippen LogP contribution in [0.2, 0.25) is 0 Å². The number of fused-ring (bicyclic) bond motifs is 1. The Hall–Kier alpha value is -2.31. The zero-order chi connectivity index (χ0) is 12.9. The number of rotatable bonds is 1. The van der Waals surface area contributed by atoms with Crippen molar-refractivity contribution in [2.75, 3.05) is 5.73 Å². The van der Waals surface area contributed by atoms with Crippen molar-refractivity contribution in [2.24, 2.45) is 0 Å². The summed E-state index contributed by atoms with van der Waals surface area (Å²) in [5.74, 6) is 0.250. The van der Waals surface area contributed by atoms with Crippen LogP contribution in [0.4, 0.5) is 14.7 Å². The number of aryl methyl sites for hydroxylation is 1. The minimum absolute atomic E-state index is 0.000779. The number of hydrogen-bond acceptors (Lipinski definition) is 4. The van der Waals surface area contributed by atoms with Gasteiger partial charge in [0.2, 0.25) is 5.95 Å². The second kappa shape index (κ2) is 3.34. The van der Waals surface area contributed by atoms with Gasteiger partial charge in [0.05, 0.1) is 11.4 Å². The molecule has 0 fully saturated rings. The SMILES string of the molecule is Cc1cn(-c2ccc3c(c2)OC(F)(F)O3)c(N)n1. The number of alkyl halides is 2. The Morgan fingerprint density at radius 3 is 2.67 bits per heavy atom. The topological polar surface area (TPSA) is 62.3 Å². The largest absolute Gasteiger partial charge is 0.586 e. The van der Waals surface area contributed by atoms with E-state index in [-0.39, 0.29) is 17.4 Å². The fraction of sp³-hybridized carbons (Fsp3) is 0.182. The van der Waals surface area contributed by atoms with Crippen molar-refractivity contribution in [3.8, 4) is 17.2 Å². The summed E-state index contributed by atoms with van der Waals surface area (Å²) in [6, 6.07) is 4.43. The van der Waals surface area contributed by atoms with Crippen molar-refractivity contribution in [1.29, 1.82) is 0 Å². The van der Waals surface area contributed by atoms with Crippen LogP contribution >= 0.6 is 0 Å². The number of imidazole rings is 1. The molecule has 2 N–H and O–H groups in total. The Morgan fingerprint density at radius 2 is 2.00 bits per heavy atom. The molecule has 0 unspecified atom stereocenters. The normalized spacial score (nSPS) is 15.9. The summed E-state index contributed by atoms with van der Waals surface area (Å²) >= 11 is 0. The average Bonchev–Trinajstić information content (AvgIpc) is 2.74. The van der Waals surface area contributed by atoms with Crippen LogP contribution in [0.3, 0.4) is 0 Å². The zero-order valence-electron chi connectivity index (χ0n) is 9.35. The van der Waals surface area contributed by atoms with E-state index in [1.165, 1.54) is 12.1 Å². The van der Waals surface area contributed by atoms with Crippen LogP contribution in [0.5, 0.6) is 11.5 Å². The number of nitrogens with two attached hydrogens (primary N) is 1.